The summed E-state index contributed by atoms with van der Waals surface area (Å²) in [7, 11) is 1.71. The fourth-order valence-electron chi connectivity index (χ4n) is 1.34. The monoisotopic (exact) mass is 223 g/mol. The lowest BCUT2D eigenvalue weighted by atomic mass is 10.1. The lowest BCUT2D eigenvalue weighted by molar-refractivity contribution is 0.100. The number of benzene rings is 1. The van der Waals surface area contributed by atoms with Gasteiger partial charge in [0.2, 0.25) is 0 Å². The number of aryl methyl sites for hydroxylation is 1. The van der Waals surface area contributed by atoms with Crippen molar-refractivity contribution in [3.63, 3.8) is 0 Å². The number of hydrogen-bond donors (Lipinski definition) is 0. The minimum atomic E-state index is -1.44. The molecule has 0 fully saturated rings. The summed E-state index contributed by atoms with van der Waals surface area (Å²) >= 11 is 0. The van der Waals surface area contributed by atoms with E-state index in [1.165, 1.54) is 0 Å². The van der Waals surface area contributed by atoms with E-state index in [1.807, 2.05) is 31.2 Å². The quantitative estimate of drug-likeness (QED) is 0.565. The zero-order valence-electron chi connectivity index (χ0n) is 9.24. The molecule has 1 aromatic rings. The van der Waals surface area contributed by atoms with Crippen LogP contribution in [0.1, 0.15) is 15.9 Å². The highest BCUT2D eigenvalue weighted by Gasteiger charge is 2.19. The third kappa shape index (κ3) is 3.26. The van der Waals surface area contributed by atoms with E-state index in [2.05, 4.69) is 0 Å². The van der Waals surface area contributed by atoms with Gasteiger partial charge in [0.05, 0.1) is 6.04 Å². The Morgan fingerprint density at radius 1 is 1.27 bits per heavy atom. The first kappa shape index (κ1) is 12.1. The highest BCUT2D eigenvalue weighted by atomic mass is 28.3. The first-order chi connectivity index (χ1) is 7.19. The first-order valence-corrected chi connectivity index (χ1v) is 6.24. The molecule has 0 aliphatic carbocycles. The van der Waals surface area contributed by atoms with Crippen LogP contribution in [0.2, 0.25) is 6.04 Å². The minimum absolute atomic E-state index is 0.0886. The van der Waals surface area contributed by atoms with Gasteiger partial charge in [-0.2, -0.15) is 0 Å². The molecule has 0 heterocycles. The Morgan fingerprint density at radius 2 is 1.87 bits per heavy atom. The molecule has 0 saturated carbocycles. The number of Topliss-reactive ketones (excluding diaryl/α,β-unsaturated/α-hetero) is 1. The zero-order valence-corrected chi connectivity index (χ0v) is 10.2. The van der Waals surface area contributed by atoms with Crippen molar-refractivity contribution in [2.24, 2.45) is 0 Å². The highest BCUT2D eigenvalue weighted by molar-refractivity contribution is 6.50. The summed E-state index contributed by atoms with van der Waals surface area (Å²) in [5, 5.41) is 0. The average Bonchev–Trinajstić information content (AvgIpc) is 2.26. The van der Waals surface area contributed by atoms with Gasteiger partial charge in [-0.1, -0.05) is 24.3 Å². The molecule has 1 rings (SSSR count). The molecule has 0 unspecified atom stereocenters. The second-order valence-electron chi connectivity index (χ2n) is 3.20. The topological polar surface area (TPSA) is 35.5 Å². The van der Waals surface area contributed by atoms with Crippen LogP contribution in [-0.4, -0.2) is 29.3 Å². The standard InChI is InChI=1S/C11H15O3Si/c1-9-6-4-5-7-10(9)11(12)8-15(13-2)14-3/h4-7H,8H2,1-3H3. The predicted molar refractivity (Wildman–Crippen MR) is 60.1 cm³/mol. The Balaban J connectivity index is 2.73. The van der Waals surface area contributed by atoms with Gasteiger partial charge in [-0.3, -0.25) is 4.79 Å². The van der Waals surface area contributed by atoms with Crippen LogP contribution in [-0.2, 0) is 8.85 Å². The third-order valence-corrected chi connectivity index (χ3v) is 3.73. The van der Waals surface area contributed by atoms with E-state index in [1.54, 1.807) is 14.2 Å². The second-order valence-corrected chi connectivity index (χ2v) is 5.11. The third-order valence-electron chi connectivity index (χ3n) is 2.21. The molecule has 1 aromatic carbocycles. The van der Waals surface area contributed by atoms with E-state index in [0.29, 0.717) is 6.04 Å². The van der Waals surface area contributed by atoms with Gasteiger partial charge >= 0.3 is 9.28 Å². The molecule has 0 bridgehead atoms. The molecule has 0 saturated heterocycles. The molecular formula is C11H15O3Si. The molecule has 0 aliphatic heterocycles. The lowest BCUT2D eigenvalue weighted by Crippen LogP contribution is -2.23. The van der Waals surface area contributed by atoms with Gasteiger partial charge in [-0.25, -0.2) is 0 Å². The van der Waals surface area contributed by atoms with E-state index < -0.39 is 9.28 Å². The number of ketones is 1. The van der Waals surface area contributed by atoms with Gasteiger partial charge in [0.15, 0.2) is 5.78 Å². The van der Waals surface area contributed by atoms with Crippen LogP contribution in [0, 0.1) is 6.92 Å². The van der Waals surface area contributed by atoms with Crippen LogP contribution < -0.4 is 0 Å². The van der Waals surface area contributed by atoms with Gasteiger partial charge in [0.1, 0.15) is 0 Å². The SMILES string of the molecule is CO[Si](CC(=O)c1ccccc1C)OC. The Labute approximate surface area is 91.9 Å². The van der Waals surface area contributed by atoms with Crippen LogP contribution in [0.15, 0.2) is 24.3 Å². The van der Waals surface area contributed by atoms with Crippen LogP contribution >= 0.6 is 0 Å². The Kier molecular flexibility index (Phi) is 4.68. The molecule has 1 radical (unpaired) electrons. The zero-order chi connectivity index (χ0) is 11.3. The molecule has 0 atom stereocenters. The second kappa shape index (κ2) is 5.80. The summed E-state index contributed by atoms with van der Waals surface area (Å²) in [6, 6.07) is 7.90. The van der Waals surface area contributed by atoms with E-state index >= 15 is 0 Å². The first-order valence-electron chi connectivity index (χ1n) is 4.71. The molecule has 3 nitrogen and oxygen atoms in total. The summed E-state index contributed by atoms with van der Waals surface area (Å²) in [6.07, 6.45) is 0. The Hall–Kier alpha value is -0.973. The van der Waals surface area contributed by atoms with Crippen LogP contribution in [0.25, 0.3) is 0 Å². The molecule has 15 heavy (non-hydrogen) atoms. The van der Waals surface area contributed by atoms with Gasteiger partial charge in [-0.05, 0) is 12.5 Å². The Bertz CT molecular complexity index is 334. The number of rotatable bonds is 5. The minimum Gasteiger partial charge on any atom is -0.396 e. The van der Waals surface area contributed by atoms with Crippen molar-refractivity contribution in [1.29, 1.82) is 0 Å². The van der Waals surface area contributed by atoms with Gasteiger partial charge < -0.3 is 8.85 Å². The van der Waals surface area contributed by atoms with Gasteiger partial charge in [0.25, 0.3) is 0 Å². The van der Waals surface area contributed by atoms with Gasteiger partial charge in [-0.15, -0.1) is 0 Å². The molecule has 0 aromatic heterocycles. The van der Waals surface area contributed by atoms with Crippen molar-refractivity contribution in [2.75, 3.05) is 14.2 Å². The molecule has 0 spiro atoms. The molecule has 81 valence electrons. The van der Waals surface area contributed by atoms with Crippen LogP contribution in [0.3, 0.4) is 0 Å². The normalized spacial score (nSPS) is 10.7. The summed E-state index contributed by atoms with van der Waals surface area (Å²) in [6.45, 7) is 1.93. The largest absolute Gasteiger partial charge is 0.396 e. The Morgan fingerprint density at radius 3 is 2.40 bits per heavy atom. The highest BCUT2D eigenvalue weighted by Crippen LogP contribution is 2.11. The number of carbonyl (C=O) groups excluding carboxylic acids is 1. The summed E-state index contributed by atoms with van der Waals surface area (Å²) in [4.78, 5) is 11.9. The maximum atomic E-state index is 11.9. The predicted octanol–water partition coefficient (Wildman–Crippen LogP) is 1.96. The maximum absolute atomic E-state index is 11.9. The van der Waals surface area contributed by atoms with Crippen molar-refractivity contribution in [1.82, 2.24) is 0 Å². The molecular weight excluding hydrogens is 208 g/mol. The van der Waals surface area contributed by atoms with Crippen LogP contribution in [0.4, 0.5) is 0 Å². The molecule has 0 aliphatic rings. The molecule has 0 N–H and O–H groups in total. The fourth-order valence-corrected chi connectivity index (χ4v) is 2.25. The van der Waals surface area contributed by atoms with E-state index in [-0.39, 0.29) is 5.78 Å². The van der Waals surface area contributed by atoms with E-state index in [0.717, 1.165) is 11.1 Å². The summed E-state index contributed by atoms with van der Waals surface area (Å²) in [5.41, 5.74) is 1.75. The van der Waals surface area contributed by atoms with Crippen molar-refractivity contribution in [3.05, 3.63) is 35.4 Å². The average molecular weight is 223 g/mol. The number of hydrogen-bond acceptors (Lipinski definition) is 3. The maximum Gasteiger partial charge on any atom is 0.392 e. The molecule has 4 heteroatoms. The molecule has 0 amide bonds. The summed E-state index contributed by atoms with van der Waals surface area (Å²) < 4.78 is 10.2. The van der Waals surface area contributed by atoms with Crippen molar-refractivity contribution in [2.45, 2.75) is 13.0 Å². The van der Waals surface area contributed by atoms with E-state index in [4.69, 9.17) is 8.85 Å². The smallest absolute Gasteiger partial charge is 0.392 e. The van der Waals surface area contributed by atoms with Gasteiger partial charge in [0, 0.05) is 19.8 Å². The number of carbonyl (C=O) groups is 1. The van der Waals surface area contributed by atoms with E-state index in [9.17, 15) is 4.79 Å². The van der Waals surface area contributed by atoms with Crippen molar-refractivity contribution in [3.8, 4) is 0 Å². The lowest BCUT2D eigenvalue weighted by Gasteiger charge is -2.09. The van der Waals surface area contributed by atoms with Crippen LogP contribution in [0.5, 0.6) is 0 Å². The van der Waals surface area contributed by atoms with Crippen molar-refractivity contribution >= 4 is 15.1 Å². The summed E-state index contributed by atoms with van der Waals surface area (Å²) in [5.74, 6) is 0.0886. The van der Waals surface area contributed by atoms with Crippen molar-refractivity contribution < 1.29 is 13.6 Å². The fraction of sp³-hybridized carbons (Fsp3) is 0.364.